The summed E-state index contributed by atoms with van der Waals surface area (Å²) < 4.78 is 0. The van der Waals surface area contributed by atoms with E-state index in [-0.39, 0.29) is 5.91 Å². The molecule has 0 aromatic heterocycles. The van der Waals surface area contributed by atoms with Crippen molar-refractivity contribution in [1.29, 1.82) is 5.26 Å². The Balaban J connectivity index is 1.89. The number of hydrogen-bond acceptors (Lipinski definition) is 2. The minimum atomic E-state index is -1.19. The van der Waals surface area contributed by atoms with Crippen LogP contribution in [0.3, 0.4) is 0 Å². The van der Waals surface area contributed by atoms with Gasteiger partial charge in [-0.15, -0.1) is 0 Å². The van der Waals surface area contributed by atoms with Crippen molar-refractivity contribution in [3.8, 4) is 6.07 Å². The van der Waals surface area contributed by atoms with Crippen molar-refractivity contribution in [2.75, 3.05) is 0 Å². The molecule has 1 aliphatic rings. The zero-order valence-electron chi connectivity index (χ0n) is 15.0. The van der Waals surface area contributed by atoms with E-state index in [0.717, 1.165) is 16.7 Å². The molecular formula is C24H17ClN2O. The number of halogens is 1. The van der Waals surface area contributed by atoms with Crippen LogP contribution >= 0.6 is 11.6 Å². The fourth-order valence-corrected chi connectivity index (χ4v) is 3.85. The summed E-state index contributed by atoms with van der Waals surface area (Å²) in [6.07, 6.45) is 3.87. The molecule has 136 valence electrons. The van der Waals surface area contributed by atoms with E-state index in [0.29, 0.717) is 17.0 Å². The SMILES string of the molecule is N#C[C@@]1(Cc2ccccc2Cl)c2ccccc2C=CN1C(=O)c1ccccc1. The zero-order chi connectivity index (χ0) is 19.6. The molecule has 3 nitrogen and oxygen atoms in total. The average molecular weight is 385 g/mol. The molecule has 0 unspecified atom stereocenters. The van der Waals surface area contributed by atoms with Gasteiger partial charge in [0.2, 0.25) is 0 Å². The third-order valence-electron chi connectivity index (χ3n) is 5.05. The maximum atomic E-state index is 13.3. The lowest BCUT2D eigenvalue weighted by molar-refractivity contribution is 0.0697. The monoisotopic (exact) mass is 384 g/mol. The molecule has 1 atom stereocenters. The van der Waals surface area contributed by atoms with Crippen LogP contribution in [0.2, 0.25) is 5.02 Å². The Morgan fingerprint density at radius 3 is 2.39 bits per heavy atom. The molecule has 1 aliphatic heterocycles. The predicted octanol–water partition coefficient (Wildman–Crippen LogP) is 5.43. The van der Waals surface area contributed by atoms with Gasteiger partial charge in [0.15, 0.2) is 5.54 Å². The first kappa shape index (κ1) is 18.0. The number of nitrogens with zero attached hydrogens (tertiary/aromatic N) is 2. The second kappa shape index (κ2) is 7.34. The molecular weight excluding hydrogens is 368 g/mol. The summed E-state index contributed by atoms with van der Waals surface area (Å²) in [4.78, 5) is 14.9. The molecule has 0 saturated heterocycles. The van der Waals surface area contributed by atoms with Gasteiger partial charge in [-0.05, 0) is 41.0 Å². The van der Waals surface area contributed by atoms with E-state index >= 15 is 0 Å². The van der Waals surface area contributed by atoms with E-state index in [9.17, 15) is 10.1 Å². The minimum Gasteiger partial charge on any atom is -0.291 e. The van der Waals surface area contributed by atoms with Gasteiger partial charge < -0.3 is 0 Å². The number of carbonyl (C=O) groups excluding carboxylic acids is 1. The van der Waals surface area contributed by atoms with E-state index in [1.165, 1.54) is 4.90 Å². The minimum absolute atomic E-state index is 0.222. The average Bonchev–Trinajstić information content (AvgIpc) is 2.75. The molecule has 3 aromatic carbocycles. The summed E-state index contributed by atoms with van der Waals surface area (Å²) >= 11 is 6.40. The molecule has 4 rings (SSSR count). The van der Waals surface area contributed by atoms with Crippen molar-refractivity contribution in [2.45, 2.75) is 12.0 Å². The standard InChI is InChI=1S/C24H17ClN2O/c25-22-13-7-5-11-20(22)16-24(17-26)21-12-6-4-8-18(21)14-15-27(24)23(28)19-9-2-1-3-10-19/h1-15H,16H2/t24-/m0/s1. The van der Waals surface area contributed by atoms with Gasteiger partial charge >= 0.3 is 0 Å². The number of hydrogen-bond donors (Lipinski definition) is 0. The van der Waals surface area contributed by atoms with Crippen LogP contribution in [-0.2, 0) is 12.0 Å². The Hall–Kier alpha value is -3.35. The van der Waals surface area contributed by atoms with Crippen LogP contribution in [0.15, 0.2) is 85.1 Å². The summed E-state index contributed by atoms with van der Waals surface area (Å²) in [6.45, 7) is 0. The van der Waals surface area contributed by atoms with Gasteiger partial charge in [0, 0.05) is 23.2 Å². The maximum Gasteiger partial charge on any atom is 0.259 e. The number of nitriles is 1. The van der Waals surface area contributed by atoms with Crippen LogP contribution < -0.4 is 0 Å². The van der Waals surface area contributed by atoms with Crippen LogP contribution in [-0.4, -0.2) is 10.8 Å². The highest BCUT2D eigenvalue weighted by atomic mass is 35.5. The summed E-state index contributed by atoms with van der Waals surface area (Å²) in [5, 5.41) is 11.0. The van der Waals surface area contributed by atoms with Gasteiger partial charge in [0.05, 0.1) is 6.07 Å². The molecule has 28 heavy (non-hydrogen) atoms. The van der Waals surface area contributed by atoms with Crippen LogP contribution in [0.1, 0.15) is 27.0 Å². The largest absolute Gasteiger partial charge is 0.291 e. The Morgan fingerprint density at radius 1 is 0.964 bits per heavy atom. The van der Waals surface area contributed by atoms with Gasteiger partial charge in [-0.2, -0.15) is 5.26 Å². The zero-order valence-corrected chi connectivity index (χ0v) is 15.8. The van der Waals surface area contributed by atoms with Crippen molar-refractivity contribution < 1.29 is 4.79 Å². The molecule has 0 saturated carbocycles. The van der Waals surface area contributed by atoms with E-state index < -0.39 is 5.54 Å². The van der Waals surface area contributed by atoms with Gasteiger partial charge in [-0.3, -0.25) is 9.69 Å². The molecule has 3 aromatic rings. The summed E-state index contributed by atoms with van der Waals surface area (Å²) in [7, 11) is 0. The normalized spacial score (nSPS) is 17.6. The van der Waals surface area contributed by atoms with Gasteiger partial charge in [0.1, 0.15) is 0 Å². The lowest BCUT2D eigenvalue weighted by Gasteiger charge is -2.40. The van der Waals surface area contributed by atoms with E-state index in [4.69, 9.17) is 11.6 Å². The molecule has 1 heterocycles. The van der Waals surface area contributed by atoms with Crippen molar-refractivity contribution in [3.05, 3.63) is 112 Å². The Morgan fingerprint density at radius 2 is 1.64 bits per heavy atom. The Bertz CT molecular complexity index is 1100. The molecule has 1 amide bonds. The molecule has 0 N–H and O–H groups in total. The fraction of sp³-hybridized carbons (Fsp3) is 0.0833. The van der Waals surface area contributed by atoms with Crippen molar-refractivity contribution in [1.82, 2.24) is 4.90 Å². The first-order valence-electron chi connectivity index (χ1n) is 8.97. The van der Waals surface area contributed by atoms with Gasteiger partial charge in [-0.1, -0.05) is 72.3 Å². The van der Waals surface area contributed by atoms with Crippen molar-refractivity contribution >= 4 is 23.6 Å². The van der Waals surface area contributed by atoms with E-state index in [1.54, 1.807) is 24.4 Å². The highest BCUT2D eigenvalue weighted by Gasteiger charge is 2.44. The predicted molar refractivity (Wildman–Crippen MR) is 111 cm³/mol. The lowest BCUT2D eigenvalue weighted by Crippen LogP contribution is -2.49. The quantitative estimate of drug-likeness (QED) is 0.604. The van der Waals surface area contributed by atoms with Crippen LogP contribution in [0.4, 0.5) is 0 Å². The van der Waals surface area contributed by atoms with Crippen molar-refractivity contribution in [2.24, 2.45) is 0 Å². The molecule has 0 spiro atoms. The summed E-state index contributed by atoms with van der Waals surface area (Å²) in [5.74, 6) is -0.222. The van der Waals surface area contributed by atoms with Gasteiger partial charge in [0.25, 0.3) is 5.91 Å². The molecule has 0 radical (unpaired) electrons. The summed E-state index contributed by atoms with van der Waals surface area (Å²) in [5.41, 5.74) is 1.88. The maximum absolute atomic E-state index is 13.3. The second-order valence-electron chi connectivity index (χ2n) is 6.68. The van der Waals surface area contributed by atoms with Gasteiger partial charge in [-0.25, -0.2) is 0 Å². The molecule has 0 fully saturated rings. The molecule has 0 aliphatic carbocycles. The highest BCUT2D eigenvalue weighted by Crippen LogP contribution is 2.40. The third kappa shape index (κ3) is 2.98. The van der Waals surface area contributed by atoms with Crippen LogP contribution in [0.25, 0.3) is 6.08 Å². The third-order valence-corrected chi connectivity index (χ3v) is 5.42. The smallest absolute Gasteiger partial charge is 0.259 e. The Kier molecular flexibility index (Phi) is 4.73. The highest BCUT2D eigenvalue weighted by molar-refractivity contribution is 6.31. The molecule has 4 heteroatoms. The Labute approximate surface area is 169 Å². The van der Waals surface area contributed by atoms with Crippen LogP contribution in [0.5, 0.6) is 0 Å². The van der Waals surface area contributed by atoms with E-state index in [2.05, 4.69) is 6.07 Å². The summed E-state index contributed by atoms with van der Waals surface area (Å²) in [6, 6.07) is 26.6. The number of benzene rings is 3. The van der Waals surface area contributed by atoms with Crippen molar-refractivity contribution in [3.63, 3.8) is 0 Å². The lowest BCUT2D eigenvalue weighted by atomic mass is 9.79. The number of amides is 1. The number of fused-ring (bicyclic) bond motifs is 1. The number of rotatable bonds is 3. The topological polar surface area (TPSA) is 44.1 Å². The first-order valence-corrected chi connectivity index (χ1v) is 9.34. The van der Waals surface area contributed by atoms with E-state index in [1.807, 2.05) is 66.7 Å². The molecule has 0 bridgehead atoms. The first-order chi connectivity index (χ1) is 13.7. The number of carbonyl (C=O) groups is 1. The second-order valence-corrected chi connectivity index (χ2v) is 7.09. The van der Waals surface area contributed by atoms with Crippen LogP contribution in [0, 0.1) is 11.3 Å². The fourth-order valence-electron chi connectivity index (χ4n) is 3.64.